The molecule has 4 rings (SSSR count). The van der Waals surface area contributed by atoms with E-state index in [0.717, 1.165) is 29.7 Å². The van der Waals surface area contributed by atoms with Gasteiger partial charge in [0.1, 0.15) is 5.75 Å². The Kier molecular flexibility index (Phi) is 5.64. The molecule has 0 heterocycles. The van der Waals surface area contributed by atoms with Crippen molar-refractivity contribution in [2.24, 2.45) is 0 Å². The van der Waals surface area contributed by atoms with E-state index < -0.39 is 10.0 Å². The van der Waals surface area contributed by atoms with E-state index in [1.807, 2.05) is 24.3 Å². The van der Waals surface area contributed by atoms with Crippen LogP contribution in [0.1, 0.15) is 34.7 Å². The molecule has 0 atom stereocenters. The lowest BCUT2D eigenvalue weighted by molar-refractivity contribution is 0.414. The Hall–Kier alpha value is -3.05. The molecule has 0 saturated heterocycles. The highest BCUT2D eigenvalue weighted by Gasteiger charge is 2.18. The van der Waals surface area contributed by atoms with Gasteiger partial charge in [-0.2, -0.15) is 0 Å². The summed E-state index contributed by atoms with van der Waals surface area (Å²) in [5.74, 6) is 0.899. The first-order valence-electron chi connectivity index (χ1n) is 10.1. The van der Waals surface area contributed by atoms with Crippen LogP contribution < -0.4 is 9.46 Å². The molecule has 30 heavy (non-hydrogen) atoms. The summed E-state index contributed by atoms with van der Waals surface area (Å²) in [6, 6.07) is 22.2. The first-order chi connectivity index (χ1) is 14.5. The number of fused-ring (bicyclic) bond motifs is 2. The molecule has 1 N–H and O–H groups in total. The van der Waals surface area contributed by atoms with Crippen LogP contribution in [0.3, 0.4) is 0 Å². The van der Waals surface area contributed by atoms with Crippen molar-refractivity contribution in [1.82, 2.24) is 0 Å². The quantitative estimate of drug-likeness (QED) is 0.623. The number of hydrogen-bond acceptors (Lipinski definition) is 3. The fraction of sp³-hybridized carbons (Fsp3) is 0.200. The summed E-state index contributed by atoms with van der Waals surface area (Å²) in [5.41, 5.74) is 7.60. The Morgan fingerprint density at radius 2 is 1.70 bits per heavy atom. The van der Waals surface area contributed by atoms with Crippen molar-refractivity contribution in [1.29, 1.82) is 0 Å². The van der Waals surface area contributed by atoms with Gasteiger partial charge in [-0.25, -0.2) is 8.42 Å². The van der Waals surface area contributed by atoms with Gasteiger partial charge in [0.15, 0.2) is 0 Å². The third-order valence-electron chi connectivity index (χ3n) is 5.42. The van der Waals surface area contributed by atoms with E-state index in [2.05, 4.69) is 47.2 Å². The number of nitrogens with one attached hydrogen (secondary N) is 1. The zero-order valence-electron chi connectivity index (χ0n) is 17.2. The number of ether oxygens (including phenoxy) is 1. The average molecular weight is 420 g/mol. The molecule has 3 aromatic rings. The average Bonchev–Trinajstić information content (AvgIpc) is 2.91. The molecule has 0 fully saturated rings. The summed E-state index contributed by atoms with van der Waals surface area (Å²) in [5, 5.41) is 0. The lowest BCUT2D eigenvalue weighted by Gasteiger charge is -2.14. The van der Waals surface area contributed by atoms with Crippen LogP contribution in [0, 0.1) is 0 Å². The third-order valence-corrected chi connectivity index (χ3v) is 6.73. The molecule has 0 radical (unpaired) electrons. The second-order valence-electron chi connectivity index (χ2n) is 7.37. The molecule has 5 heteroatoms. The Labute approximate surface area is 178 Å². The maximum absolute atomic E-state index is 12.0. The summed E-state index contributed by atoms with van der Waals surface area (Å²) in [6.45, 7) is 1.63. The van der Waals surface area contributed by atoms with E-state index >= 15 is 0 Å². The van der Waals surface area contributed by atoms with Crippen molar-refractivity contribution in [3.63, 3.8) is 0 Å². The van der Waals surface area contributed by atoms with Gasteiger partial charge in [0.05, 0.1) is 12.9 Å². The van der Waals surface area contributed by atoms with Crippen LogP contribution in [0.25, 0.3) is 11.6 Å². The van der Waals surface area contributed by atoms with Crippen LogP contribution in [0.5, 0.6) is 5.75 Å². The highest BCUT2D eigenvalue weighted by atomic mass is 32.2. The molecule has 0 aliphatic heterocycles. The molecule has 1 aliphatic rings. The van der Waals surface area contributed by atoms with E-state index in [1.165, 1.54) is 22.3 Å². The van der Waals surface area contributed by atoms with Crippen molar-refractivity contribution in [2.45, 2.75) is 19.8 Å². The molecule has 0 unspecified atom stereocenters. The Morgan fingerprint density at radius 3 is 2.50 bits per heavy atom. The van der Waals surface area contributed by atoms with Gasteiger partial charge >= 0.3 is 0 Å². The summed E-state index contributed by atoms with van der Waals surface area (Å²) < 4.78 is 32.0. The number of benzene rings is 3. The topological polar surface area (TPSA) is 55.4 Å². The molecular formula is C25H25NO3S. The van der Waals surface area contributed by atoms with E-state index in [1.54, 1.807) is 20.1 Å². The van der Waals surface area contributed by atoms with Gasteiger partial charge in [0, 0.05) is 5.69 Å². The molecule has 3 aromatic carbocycles. The maximum atomic E-state index is 12.0. The largest absolute Gasteiger partial charge is 0.497 e. The number of aryl methyl sites for hydroxylation is 2. The van der Waals surface area contributed by atoms with Gasteiger partial charge in [0.2, 0.25) is 10.0 Å². The molecule has 0 saturated carbocycles. The predicted octanol–water partition coefficient (Wildman–Crippen LogP) is 5.14. The minimum absolute atomic E-state index is 0.0426. The standard InChI is InChI=1S/C25H25NO3S/c1-3-30(27,28)26-21-9-6-7-18(15-21)16-25-23-10-5-4-8-19(23)11-12-20-17-22(29-2)13-14-24(20)25/h4-10,13-17,26H,3,11-12H2,1-2H3/b25-16+. The van der Waals surface area contributed by atoms with Gasteiger partial charge in [-0.05, 0) is 83.5 Å². The summed E-state index contributed by atoms with van der Waals surface area (Å²) in [6.07, 6.45) is 4.04. The van der Waals surface area contributed by atoms with Crippen LogP contribution >= 0.6 is 0 Å². The van der Waals surface area contributed by atoms with Crippen LogP contribution in [-0.4, -0.2) is 21.3 Å². The van der Waals surface area contributed by atoms with Crippen LogP contribution in [0.15, 0.2) is 66.7 Å². The summed E-state index contributed by atoms with van der Waals surface area (Å²) >= 11 is 0. The number of hydrogen-bond donors (Lipinski definition) is 1. The highest BCUT2D eigenvalue weighted by Crippen LogP contribution is 2.36. The predicted molar refractivity (Wildman–Crippen MR) is 123 cm³/mol. The van der Waals surface area contributed by atoms with Gasteiger partial charge in [-0.3, -0.25) is 4.72 Å². The van der Waals surface area contributed by atoms with Crippen LogP contribution in [0.2, 0.25) is 0 Å². The molecule has 4 nitrogen and oxygen atoms in total. The minimum atomic E-state index is -3.32. The minimum Gasteiger partial charge on any atom is -0.497 e. The van der Waals surface area contributed by atoms with E-state index in [9.17, 15) is 8.42 Å². The smallest absolute Gasteiger partial charge is 0.232 e. The maximum Gasteiger partial charge on any atom is 0.232 e. The second kappa shape index (κ2) is 8.36. The number of rotatable bonds is 5. The monoisotopic (exact) mass is 419 g/mol. The number of methoxy groups -OCH3 is 1. The van der Waals surface area contributed by atoms with Crippen molar-refractivity contribution in [3.05, 3.63) is 94.5 Å². The number of anilines is 1. The lowest BCUT2D eigenvalue weighted by Crippen LogP contribution is -2.14. The third kappa shape index (κ3) is 4.26. The van der Waals surface area contributed by atoms with Crippen molar-refractivity contribution >= 4 is 27.4 Å². The molecule has 154 valence electrons. The zero-order chi connectivity index (χ0) is 21.1. The fourth-order valence-corrected chi connectivity index (χ4v) is 4.48. The normalized spacial score (nSPS) is 14.5. The molecule has 0 spiro atoms. The van der Waals surface area contributed by atoms with Gasteiger partial charge in [-0.1, -0.05) is 42.5 Å². The molecule has 0 amide bonds. The lowest BCUT2D eigenvalue weighted by atomic mass is 9.92. The van der Waals surface area contributed by atoms with E-state index in [4.69, 9.17) is 4.74 Å². The zero-order valence-corrected chi connectivity index (χ0v) is 18.0. The second-order valence-corrected chi connectivity index (χ2v) is 9.38. The van der Waals surface area contributed by atoms with Gasteiger partial charge < -0.3 is 4.74 Å². The van der Waals surface area contributed by atoms with Crippen LogP contribution in [-0.2, 0) is 22.9 Å². The van der Waals surface area contributed by atoms with Gasteiger partial charge in [0.25, 0.3) is 0 Å². The fourth-order valence-electron chi connectivity index (χ4n) is 3.85. The first kappa shape index (κ1) is 20.2. The molecule has 1 aliphatic carbocycles. The Balaban J connectivity index is 1.84. The van der Waals surface area contributed by atoms with Crippen molar-refractivity contribution < 1.29 is 13.2 Å². The molecule has 0 bridgehead atoms. The first-order valence-corrected chi connectivity index (χ1v) is 11.7. The Morgan fingerprint density at radius 1 is 0.933 bits per heavy atom. The molecule has 0 aromatic heterocycles. The molecular weight excluding hydrogens is 394 g/mol. The number of sulfonamides is 1. The van der Waals surface area contributed by atoms with Crippen molar-refractivity contribution in [3.8, 4) is 5.75 Å². The van der Waals surface area contributed by atoms with Crippen molar-refractivity contribution in [2.75, 3.05) is 17.6 Å². The Bertz CT molecular complexity index is 1210. The SMILES string of the molecule is CCS(=O)(=O)Nc1cccc(/C=C2\c3ccccc3CCc3cc(OC)ccc32)c1. The van der Waals surface area contributed by atoms with Gasteiger partial charge in [-0.15, -0.1) is 0 Å². The summed E-state index contributed by atoms with van der Waals surface area (Å²) in [7, 11) is -1.63. The van der Waals surface area contributed by atoms with E-state index in [0.29, 0.717) is 5.69 Å². The summed E-state index contributed by atoms with van der Waals surface area (Å²) in [4.78, 5) is 0. The van der Waals surface area contributed by atoms with E-state index in [-0.39, 0.29) is 5.75 Å². The highest BCUT2D eigenvalue weighted by molar-refractivity contribution is 7.92. The van der Waals surface area contributed by atoms with Crippen LogP contribution in [0.4, 0.5) is 5.69 Å².